The van der Waals surface area contributed by atoms with Gasteiger partial charge >= 0.3 is 0 Å². The average molecular weight is 570 g/mol. The molecule has 0 saturated carbocycles. The molecule has 2 heterocycles. The number of pyridine rings is 1. The number of tetrazole rings is 1. The summed E-state index contributed by atoms with van der Waals surface area (Å²) in [6, 6.07) is 17.5. The van der Waals surface area contributed by atoms with Crippen LogP contribution in [-0.2, 0) is 13.2 Å². The number of hydrogen-bond acceptors (Lipinski definition) is 8. The minimum absolute atomic E-state index is 0. The Morgan fingerprint density at radius 1 is 1.06 bits per heavy atom. The predicted molar refractivity (Wildman–Crippen MR) is 147 cm³/mol. The first-order valence-electron chi connectivity index (χ1n) is 10.8. The molecule has 0 unspecified atom stereocenters. The van der Waals surface area contributed by atoms with Gasteiger partial charge in [-0.05, 0) is 59.3 Å². The van der Waals surface area contributed by atoms with E-state index in [0.717, 1.165) is 40.7 Å². The maximum atomic E-state index is 6.49. The third-order valence-electron chi connectivity index (χ3n) is 4.90. The number of benzene rings is 2. The number of para-hydroxylation sites is 1. The van der Waals surface area contributed by atoms with Gasteiger partial charge in [0.2, 0.25) is 5.16 Å². The number of aromatic nitrogens is 5. The summed E-state index contributed by atoms with van der Waals surface area (Å²) in [5, 5.41) is 16.8. The Balaban J connectivity index is 0.00000228. The summed E-state index contributed by atoms with van der Waals surface area (Å²) >= 11 is 8.13. The van der Waals surface area contributed by atoms with Gasteiger partial charge in [0.15, 0.2) is 11.5 Å². The molecule has 0 spiro atoms. The summed E-state index contributed by atoms with van der Waals surface area (Å²) in [7, 11) is 1.61. The van der Waals surface area contributed by atoms with E-state index in [1.807, 2.05) is 54.6 Å². The van der Waals surface area contributed by atoms with Crippen molar-refractivity contribution < 1.29 is 9.47 Å². The highest BCUT2D eigenvalue weighted by Crippen LogP contribution is 2.37. The molecule has 12 heteroatoms. The third kappa shape index (κ3) is 8.25. The summed E-state index contributed by atoms with van der Waals surface area (Å²) in [4.78, 5) is 4.10. The van der Waals surface area contributed by atoms with Crippen molar-refractivity contribution in [2.45, 2.75) is 24.7 Å². The summed E-state index contributed by atoms with van der Waals surface area (Å²) in [5.41, 5.74) is 2.94. The van der Waals surface area contributed by atoms with Crippen LogP contribution in [0.1, 0.15) is 17.5 Å². The molecule has 0 amide bonds. The molecule has 8 nitrogen and oxygen atoms in total. The van der Waals surface area contributed by atoms with E-state index in [2.05, 4.69) is 25.8 Å². The van der Waals surface area contributed by atoms with Crippen LogP contribution in [0.15, 0.2) is 72.1 Å². The van der Waals surface area contributed by atoms with E-state index in [9.17, 15) is 0 Å². The van der Waals surface area contributed by atoms with Crippen molar-refractivity contribution >= 4 is 48.2 Å². The molecule has 4 rings (SSSR count). The molecule has 0 saturated heterocycles. The van der Waals surface area contributed by atoms with Gasteiger partial charge in [0, 0.05) is 30.3 Å². The molecule has 2 aromatic heterocycles. The maximum absolute atomic E-state index is 6.49. The van der Waals surface area contributed by atoms with Gasteiger partial charge in [-0.25, -0.2) is 0 Å². The number of methoxy groups -OCH3 is 1. The lowest BCUT2D eigenvalue weighted by Crippen LogP contribution is -2.15. The smallest absolute Gasteiger partial charge is 0.214 e. The molecule has 0 fully saturated rings. The highest BCUT2D eigenvalue weighted by molar-refractivity contribution is 7.99. The Kier molecular flexibility index (Phi) is 12.8. The Labute approximate surface area is 232 Å². The van der Waals surface area contributed by atoms with Gasteiger partial charge in [0.05, 0.1) is 17.8 Å². The van der Waals surface area contributed by atoms with E-state index in [1.165, 1.54) is 0 Å². The third-order valence-corrected chi connectivity index (χ3v) is 6.18. The highest BCUT2D eigenvalue weighted by atomic mass is 35.5. The van der Waals surface area contributed by atoms with Crippen LogP contribution in [0.25, 0.3) is 5.69 Å². The zero-order valence-electron chi connectivity index (χ0n) is 19.5. The minimum Gasteiger partial charge on any atom is -0.493 e. The van der Waals surface area contributed by atoms with Crippen LogP contribution in [0.3, 0.4) is 0 Å². The number of nitrogens with zero attached hydrogens (tertiary/aromatic N) is 5. The summed E-state index contributed by atoms with van der Waals surface area (Å²) in [6.07, 6.45) is 4.45. The fourth-order valence-corrected chi connectivity index (χ4v) is 4.37. The number of halogens is 3. The molecule has 0 aliphatic rings. The molecule has 4 aromatic rings. The second-order valence-electron chi connectivity index (χ2n) is 7.35. The van der Waals surface area contributed by atoms with Gasteiger partial charge in [-0.3, -0.25) is 4.98 Å². The van der Waals surface area contributed by atoms with Crippen LogP contribution in [-0.4, -0.2) is 44.6 Å². The molecule has 192 valence electrons. The number of ether oxygens (including phenoxy) is 2. The topological polar surface area (TPSA) is 87.0 Å². The maximum Gasteiger partial charge on any atom is 0.214 e. The first kappa shape index (κ1) is 29.7. The van der Waals surface area contributed by atoms with Crippen LogP contribution in [0.2, 0.25) is 5.02 Å². The fraction of sp³-hybridized carbons (Fsp3) is 0.250. The number of hydrogen-bond donors (Lipinski definition) is 1. The SMILES string of the molecule is COc1cc(CNCCCSc2nnnn2-c2ccccc2)cc(Cl)c1OCc1cccnc1.Cl.Cl. The molecule has 0 radical (unpaired) electrons. The zero-order chi connectivity index (χ0) is 23.6. The fourth-order valence-electron chi connectivity index (χ4n) is 3.25. The van der Waals surface area contributed by atoms with Gasteiger partial charge in [-0.1, -0.05) is 47.6 Å². The predicted octanol–water partition coefficient (Wildman–Crippen LogP) is 5.41. The van der Waals surface area contributed by atoms with Crippen LogP contribution in [0, 0.1) is 0 Å². The summed E-state index contributed by atoms with van der Waals surface area (Å²) < 4.78 is 13.2. The lowest BCUT2D eigenvalue weighted by molar-refractivity contribution is 0.284. The van der Waals surface area contributed by atoms with Crippen molar-refractivity contribution in [2.24, 2.45) is 0 Å². The summed E-state index contributed by atoms with van der Waals surface area (Å²) in [5.74, 6) is 2.03. The van der Waals surface area contributed by atoms with E-state index in [0.29, 0.717) is 29.7 Å². The number of nitrogens with one attached hydrogen (secondary N) is 1. The number of rotatable bonds is 12. The normalized spacial score (nSPS) is 10.3. The van der Waals surface area contributed by atoms with Gasteiger partial charge in [0.1, 0.15) is 6.61 Å². The Morgan fingerprint density at radius 3 is 2.64 bits per heavy atom. The largest absolute Gasteiger partial charge is 0.493 e. The Morgan fingerprint density at radius 2 is 1.89 bits per heavy atom. The lowest BCUT2D eigenvalue weighted by Gasteiger charge is -2.14. The van der Waals surface area contributed by atoms with Crippen LogP contribution < -0.4 is 14.8 Å². The number of thioether (sulfide) groups is 1. The van der Waals surface area contributed by atoms with E-state index < -0.39 is 0 Å². The highest BCUT2D eigenvalue weighted by Gasteiger charge is 2.13. The van der Waals surface area contributed by atoms with Crippen molar-refractivity contribution in [3.05, 3.63) is 83.1 Å². The molecular formula is C24H27Cl3N6O2S. The monoisotopic (exact) mass is 568 g/mol. The molecule has 36 heavy (non-hydrogen) atoms. The first-order chi connectivity index (χ1) is 16.7. The lowest BCUT2D eigenvalue weighted by atomic mass is 10.2. The summed E-state index contributed by atoms with van der Waals surface area (Å²) in [6.45, 7) is 1.89. The van der Waals surface area contributed by atoms with Gasteiger partial charge in [-0.2, -0.15) is 4.68 Å². The van der Waals surface area contributed by atoms with E-state index >= 15 is 0 Å². The second kappa shape index (κ2) is 15.5. The van der Waals surface area contributed by atoms with Crippen molar-refractivity contribution in [1.29, 1.82) is 0 Å². The quantitative estimate of drug-likeness (QED) is 0.179. The van der Waals surface area contributed by atoms with E-state index in [4.69, 9.17) is 21.1 Å². The van der Waals surface area contributed by atoms with Crippen LogP contribution in [0.4, 0.5) is 0 Å². The molecule has 2 aromatic carbocycles. The van der Waals surface area contributed by atoms with Crippen molar-refractivity contribution in [3.63, 3.8) is 0 Å². The Bertz CT molecular complexity index is 1190. The standard InChI is InChI=1S/C24H25ClN6O2S.2ClH/c1-32-22-14-19(13-21(25)23(22)33-17-18-7-5-10-26-15-18)16-27-11-6-12-34-24-28-29-30-31(24)20-8-3-2-4-9-20;;/h2-5,7-10,13-15,27H,6,11-12,16-17H2,1H3;2*1H. The van der Waals surface area contributed by atoms with Crippen molar-refractivity contribution in [1.82, 2.24) is 30.5 Å². The van der Waals surface area contributed by atoms with Crippen molar-refractivity contribution in [3.8, 4) is 17.2 Å². The van der Waals surface area contributed by atoms with Crippen molar-refractivity contribution in [2.75, 3.05) is 19.4 Å². The minimum atomic E-state index is 0. The zero-order valence-corrected chi connectivity index (χ0v) is 22.7. The molecule has 0 atom stereocenters. The average Bonchev–Trinajstić information content (AvgIpc) is 3.35. The Hall–Kier alpha value is -2.56. The molecule has 0 aliphatic carbocycles. The van der Waals surface area contributed by atoms with Gasteiger partial charge in [-0.15, -0.1) is 29.9 Å². The molecule has 0 bridgehead atoms. The molecule has 1 N–H and O–H groups in total. The second-order valence-corrected chi connectivity index (χ2v) is 8.82. The van der Waals surface area contributed by atoms with Gasteiger partial charge < -0.3 is 14.8 Å². The van der Waals surface area contributed by atoms with E-state index in [-0.39, 0.29) is 24.8 Å². The van der Waals surface area contributed by atoms with Crippen LogP contribution in [0.5, 0.6) is 11.5 Å². The van der Waals surface area contributed by atoms with Crippen LogP contribution >= 0.6 is 48.2 Å². The molecule has 0 aliphatic heterocycles. The first-order valence-corrected chi connectivity index (χ1v) is 12.2. The van der Waals surface area contributed by atoms with Gasteiger partial charge in [0.25, 0.3) is 0 Å². The van der Waals surface area contributed by atoms with E-state index in [1.54, 1.807) is 35.9 Å². The molecular weight excluding hydrogens is 543 g/mol.